The summed E-state index contributed by atoms with van der Waals surface area (Å²) in [4.78, 5) is 0. The van der Waals surface area contributed by atoms with Gasteiger partial charge in [-0.3, -0.25) is 0 Å². The Kier molecular flexibility index (Phi) is 3.23. The third kappa shape index (κ3) is 2.36. The van der Waals surface area contributed by atoms with Crippen LogP contribution in [0.3, 0.4) is 0 Å². The molecule has 1 heterocycles. The summed E-state index contributed by atoms with van der Waals surface area (Å²) >= 11 is 0. The van der Waals surface area contributed by atoms with E-state index in [0.717, 1.165) is 19.0 Å². The van der Waals surface area contributed by atoms with Gasteiger partial charge < -0.3 is 5.32 Å². The zero-order valence-electron chi connectivity index (χ0n) is 6.22. The van der Waals surface area contributed by atoms with Crippen molar-refractivity contribution in [3.8, 4) is 0 Å². The Morgan fingerprint density at radius 1 is 1.30 bits per heavy atom. The minimum atomic E-state index is 0.751. The number of piperidine rings is 1. The lowest BCUT2D eigenvalue weighted by atomic mass is 9.98. The Morgan fingerprint density at radius 3 is 2.60 bits per heavy atom. The molecule has 0 amide bonds. The van der Waals surface area contributed by atoms with E-state index in [1.807, 2.05) is 6.08 Å². The first-order valence-corrected chi connectivity index (χ1v) is 3.86. The summed E-state index contributed by atoms with van der Waals surface area (Å²) in [7, 11) is 0. The van der Waals surface area contributed by atoms with Crippen LogP contribution in [0.15, 0.2) is 18.2 Å². The molecule has 0 aliphatic carbocycles. The molecule has 0 spiro atoms. The van der Waals surface area contributed by atoms with Crippen LogP contribution in [-0.2, 0) is 0 Å². The van der Waals surface area contributed by atoms with Gasteiger partial charge in [0.2, 0.25) is 0 Å². The van der Waals surface area contributed by atoms with Crippen LogP contribution in [0.4, 0.5) is 0 Å². The fourth-order valence-corrected chi connectivity index (χ4v) is 1.26. The number of allylic oxidation sites excluding steroid dienone is 3. The summed E-state index contributed by atoms with van der Waals surface area (Å²) in [6.07, 6.45) is 8.24. The van der Waals surface area contributed by atoms with Gasteiger partial charge in [0.15, 0.2) is 0 Å². The van der Waals surface area contributed by atoms with Crippen molar-refractivity contribution in [2.24, 2.45) is 5.92 Å². The van der Waals surface area contributed by atoms with Crippen LogP contribution in [-0.4, -0.2) is 13.1 Å². The van der Waals surface area contributed by atoms with Crippen molar-refractivity contribution in [2.75, 3.05) is 13.1 Å². The maximum absolute atomic E-state index is 5.22. The van der Waals surface area contributed by atoms with Crippen LogP contribution in [0.2, 0.25) is 0 Å². The van der Waals surface area contributed by atoms with E-state index in [2.05, 4.69) is 11.4 Å². The van der Waals surface area contributed by atoms with Crippen LogP contribution >= 0.6 is 0 Å². The monoisotopic (exact) mass is 136 g/mol. The van der Waals surface area contributed by atoms with Crippen molar-refractivity contribution in [1.29, 1.82) is 0 Å². The predicted molar refractivity (Wildman–Crippen MR) is 43.6 cm³/mol. The van der Waals surface area contributed by atoms with E-state index >= 15 is 0 Å². The van der Waals surface area contributed by atoms with Crippen molar-refractivity contribution < 1.29 is 0 Å². The summed E-state index contributed by atoms with van der Waals surface area (Å²) in [5.74, 6) is 0.751. The molecule has 0 bridgehead atoms. The van der Waals surface area contributed by atoms with Gasteiger partial charge in [-0.15, -0.1) is 0 Å². The molecule has 1 radical (unpaired) electrons. The van der Waals surface area contributed by atoms with E-state index in [1.54, 1.807) is 6.08 Å². The van der Waals surface area contributed by atoms with Crippen molar-refractivity contribution in [1.82, 2.24) is 5.32 Å². The molecule has 0 unspecified atom stereocenters. The first-order chi connectivity index (χ1) is 4.93. The van der Waals surface area contributed by atoms with Crippen LogP contribution in [0.5, 0.6) is 0 Å². The summed E-state index contributed by atoms with van der Waals surface area (Å²) in [6.45, 7) is 7.52. The molecule has 1 N–H and O–H groups in total. The van der Waals surface area contributed by atoms with Crippen molar-refractivity contribution >= 4 is 0 Å². The fraction of sp³-hybridized carbons (Fsp3) is 0.556. The molecule has 0 aromatic rings. The van der Waals surface area contributed by atoms with Gasteiger partial charge in [0.1, 0.15) is 0 Å². The second kappa shape index (κ2) is 4.29. The van der Waals surface area contributed by atoms with E-state index in [0.29, 0.717) is 0 Å². The van der Waals surface area contributed by atoms with Crippen molar-refractivity contribution in [3.63, 3.8) is 0 Å². The quantitative estimate of drug-likeness (QED) is 0.568. The molecule has 0 aromatic carbocycles. The van der Waals surface area contributed by atoms with Gasteiger partial charge in [-0.25, -0.2) is 0 Å². The van der Waals surface area contributed by atoms with Gasteiger partial charge in [-0.05, 0) is 31.8 Å². The molecule has 1 heteroatoms. The second-order valence-corrected chi connectivity index (χ2v) is 2.66. The molecule has 1 aliphatic rings. The van der Waals surface area contributed by atoms with E-state index in [-0.39, 0.29) is 0 Å². The predicted octanol–water partition coefficient (Wildman–Crippen LogP) is 1.53. The molecule has 1 aliphatic heterocycles. The summed E-state index contributed by atoms with van der Waals surface area (Å²) in [5.41, 5.74) is 0. The molecule has 10 heavy (non-hydrogen) atoms. The highest BCUT2D eigenvalue weighted by molar-refractivity contribution is 4.99. The summed E-state index contributed by atoms with van der Waals surface area (Å²) in [5, 5.41) is 3.32. The number of rotatable bonds is 2. The van der Waals surface area contributed by atoms with Crippen molar-refractivity contribution in [2.45, 2.75) is 12.8 Å². The Hall–Kier alpha value is -0.560. The lowest BCUT2D eigenvalue weighted by Gasteiger charge is -2.18. The fourth-order valence-electron chi connectivity index (χ4n) is 1.26. The molecule has 55 valence electrons. The Balaban J connectivity index is 2.25. The van der Waals surface area contributed by atoms with Gasteiger partial charge >= 0.3 is 0 Å². The van der Waals surface area contributed by atoms with Crippen LogP contribution in [0.25, 0.3) is 0 Å². The van der Waals surface area contributed by atoms with E-state index < -0.39 is 0 Å². The molecule has 0 atom stereocenters. The van der Waals surface area contributed by atoms with E-state index in [4.69, 9.17) is 6.58 Å². The zero-order valence-corrected chi connectivity index (χ0v) is 6.22. The lowest BCUT2D eigenvalue weighted by molar-refractivity contribution is 0.436. The molecule has 1 rings (SSSR count). The number of nitrogens with one attached hydrogen (secondary N) is 1. The van der Waals surface area contributed by atoms with Crippen molar-refractivity contribution in [3.05, 3.63) is 24.8 Å². The number of hydrogen-bond acceptors (Lipinski definition) is 1. The first kappa shape index (κ1) is 7.55. The van der Waals surface area contributed by atoms with E-state index in [1.165, 1.54) is 12.8 Å². The Morgan fingerprint density at radius 2 is 2.00 bits per heavy atom. The van der Waals surface area contributed by atoms with Gasteiger partial charge in [-0.1, -0.05) is 24.8 Å². The van der Waals surface area contributed by atoms with Gasteiger partial charge in [0.05, 0.1) is 0 Å². The second-order valence-electron chi connectivity index (χ2n) is 2.66. The third-order valence-electron chi connectivity index (χ3n) is 1.88. The molecule has 1 fully saturated rings. The highest BCUT2D eigenvalue weighted by Gasteiger charge is 2.07. The minimum Gasteiger partial charge on any atom is -0.317 e. The van der Waals surface area contributed by atoms with Gasteiger partial charge in [0, 0.05) is 0 Å². The average Bonchev–Trinajstić information content (AvgIpc) is 2.03. The van der Waals surface area contributed by atoms with E-state index in [9.17, 15) is 0 Å². The standard InChI is InChI=1S/C9H14N/c1-2-3-4-9-5-7-10-8-6-9/h1-4,9-10H,5-8H2. The topological polar surface area (TPSA) is 12.0 Å². The summed E-state index contributed by atoms with van der Waals surface area (Å²) < 4.78 is 0. The minimum absolute atomic E-state index is 0.751. The maximum Gasteiger partial charge on any atom is -0.00433 e. The zero-order chi connectivity index (χ0) is 7.23. The van der Waals surface area contributed by atoms with Gasteiger partial charge in [-0.2, -0.15) is 0 Å². The Bertz CT molecular complexity index is 121. The van der Waals surface area contributed by atoms with Crippen LogP contribution in [0.1, 0.15) is 12.8 Å². The smallest absolute Gasteiger partial charge is 0.00433 e. The Labute approximate surface area is 62.8 Å². The van der Waals surface area contributed by atoms with Gasteiger partial charge in [0.25, 0.3) is 0 Å². The number of hydrogen-bond donors (Lipinski definition) is 1. The molecule has 0 saturated carbocycles. The first-order valence-electron chi connectivity index (χ1n) is 3.86. The largest absolute Gasteiger partial charge is 0.317 e. The third-order valence-corrected chi connectivity index (χ3v) is 1.88. The van der Waals surface area contributed by atoms with Crippen LogP contribution < -0.4 is 5.32 Å². The van der Waals surface area contributed by atoms with Crippen LogP contribution in [0, 0.1) is 12.5 Å². The average molecular weight is 136 g/mol. The highest BCUT2D eigenvalue weighted by Crippen LogP contribution is 2.12. The molecule has 1 saturated heterocycles. The molecule has 0 aromatic heterocycles. The summed E-state index contributed by atoms with van der Waals surface area (Å²) in [6, 6.07) is 0. The molecular formula is C9H14N. The normalized spacial score (nSPS) is 21.6. The molecular weight excluding hydrogens is 122 g/mol. The molecule has 1 nitrogen and oxygen atoms in total. The maximum atomic E-state index is 5.22. The highest BCUT2D eigenvalue weighted by atomic mass is 14.9. The lowest BCUT2D eigenvalue weighted by Crippen LogP contribution is -2.26. The SMILES string of the molecule is [CH]=CC=CC1CCNCC1.